The van der Waals surface area contributed by atoms with Crippen molar-refractivity contribution in [1.82, 2.24) is 0 Å². The summed E-state index contributed by atoms with van der Waals surface area (Å²) in [5.74, 6) is 0. The number of hydrogen-bond donors (Lipinski definition) is 0. The van der Waals surface area contributed by atoms with Gasteiger partial charge in [0.2, 0.25) is 0 Å². The lowest BCUT2D eigenvalue weighted by Crippen LogP contribution is -2.45. The number of allylic oxidation sites excluding steroid dienone is 2. The molecule has 0 aliphatic heterocycles. The SMILES string of the molecule is C=C(CCCCCC/C=C/[Si](OC)(OC)OC)[Si](OC)(OC)OC. The van der Waals surface area contributed by atoms with Crippen molar-refractivity contribution in [3.63, 3.8) is 0 Å². The first-order valence-electron chi connectivity index (χ1n) is 8.16. The summed E-state index contributed by atoms with van der Waals surface area (Å²) in [5, 5.41) is 0.936. The highest BCUT2D eigenvalue weighted by atomic mass is 28.4. The van der Waals surface area contributed by atoms with Gasteiger partial charge in [-0.05, 0) is 36.6 Å². The van der Waals surface area contributed by atoms with Crippen molar-refractivity contribution in [2.24, 2.45) is 0 Å². The molecule has 0 bridgehead atoms. The average molecular weight is 379 g/mol. The molecule has 0 amide bonds. The van der Waals surface area contributed by atoms with E-state index in [0.29, 0.717) is 0 Å². The molecule has 0 saturated carbocycles. The fraction of sp³-hybridized carbons (Fsp3) is 0.750. The Morgan fingerprint density at radius 2 is 1.25 bits per heavy atom. The third-order valence-electron chi connectivity index (χ3n) is 4.01. The Morgan fingerprint density at radius 1 is 0.750 bits per heavy atom. The smallest absolute Gasteiger partial charge is 0.374 e. The molecule has 0 spiro atoms. The summed E-state index contributed by atoms with van der Waals surface area (Å²) in [5.41, 5.74) is 1.94. The van der Waals surface area contributed by atoms with E-state index in [9.17, 15) is 0 Å². The summed E-state index contributed by atoms with van der Waals surface area (Å²) in [6, 6.07) is 0. The van der Waals surface area contributed by atoms with E-state index in [-0.39, 0.29) is 0 Å². The van der Waals surface area contributed by atoms with Crippen LogP contribution in [-0.2, 0) is 26.6 Å². The molecule has 0 radical (unpaired) electrons. The molecule has 0 aromatic rings. The van der Waals surface area contributed by atoms with Crippen molar-refractivity contribution in [2.75, 3.05) is 42.7 Å². The second-order valence-electron chi connectivity index (χ2n) is 5.34. The standard InChI is InChI=1S/C16H34O6Si2/c1-16(24(20-5,21-6)22-7)14-12-10-8-9-11-13-15-23(17-2,18-3)19-4/h13,15H,1,8-12,14H2,2-7H3/b15-13+. The van der Waals surface area contributed by atoms with E-state index < -0.39 is 17.6 Å². The lowest BCUT2D eigenvalue weighted by atomic mass is 10.1. The monoisotopic (exact) mass is 378 g/mol. The van der Waals surface area contributed by atoms with Crippen LogP contribution >= 0.6 is 0 Å². The van der Waals surface area contributed by atoms with E-state index in [1.807, 2.05) is 5.70 Å². The van der Waals surface area contributed by atoms with Crippen LogP contribution in [0.2, 0.25) is 0 Å². The third-order valence-corrected chi connectivity index (χ3v) is 9.09. The zero-order chi connectivity index (χ0) is 18.5. The Bertz CT molecular complexity index is 351. The van der Waals surface area contributed by atoms with Gasteiger partial charge in [-0.1, -0.05) is 25.5 Å². The Morgan fingerprint density at radius 3 is 1.71 bits per heavy atom. The largest absolute Gasteiger partial charge is 0.531 e. The molecule has 0 aliphatic carbocycles. The normalized spacial score (nSPS) is 12.9. The minimum absolute atomic E-state index is 0.866. The zero-order valence-electron chi connectivity index (χ0n) is 16.1. The quantitative estimate of drug-likeness (QED) is 0.322. The predicted octanol–water partition coefficient (Wildman–Crippen LogP) is 3.27. The summed E-state index contributed by atoms with van der Waals surface area (Å²) < 4.78 is 32.3. The van der Waals surface area contributed by atoms with Crippen LogP contribution in [0.25, 0.3) is 0 Å². The van der Waals surface area contributed by atoms with Crippen LogP contribution in [0.3, 0.4) is 0 Å². The minimum atomic E-state index is -2.68. The van der Waals surface area contributed by atoms with E-state index in [0.717, 1.165) is 43.7 Å². The van der Waals surface area contributed by atoms with E-state index in [1.165, 1.54) is 0 Å². The third kappa shape index (κ3) is 7.28. The zero-order valence-corrected chi connectivity index (χ0v) is 18.1. The lowest BCUT2D eigenvalue weighted by molar-refractivity contribution is 0.133. The summed E-state index contributed by atoms with van der Waals surface area (Å²) in [6.45, 7) is 4.08. The Labute approximate surface area is 149 Å². The molecule has 0 aliphatic rings. The second-order valence-corrected chi connectivity index (χ2v) is 11.2. The van der Waals surface area contributed by atoms with Crippen molar-refractivity contribution >= 4 is 17.6 Å². The van der Waals surface area contributed by atoms with Gasteiger partial charge in [-0.15, -0.1) is 0 Å². The molecule has 0 unspecified atom stereocenters. The van der Waals surface area contributed by atoms with E-state index in [1.54, 1.807) is 42.7 Å². The number of unbranched alkanes of at least 4 members (excludes halogenated alkanes) is 4. The molecule has 6 nitrogen and oxygen atoms in total. The van der Waals surface area contributed by atoms with Crippen LogP contribution in [0.4, 0.5) is 0 Å². The highest BCUT2D eigenvalue weighted by molar-refractivity contribution is 6.68. The van der Waals surface area contributed by atoms with Crippen LogP contribution in [-0.4, -0.2) is 60.3 Å². The highest BCUT2D eigenvalue weighted by Crippen LogP contribution is 2.22. The van der Waals surface area contributed by atoms with Crippen LogP contribution in [0.1, 0.15) is 38.5 Å². The van der Waals surface area contributed by atoms with E-state index >= 15 is 0 Å². The van der Waals surface area contributed by atoms with Crippen molar-refractivity contribution < 1.29 is 26.6 Å². The molecule has 0 heterocycles. The molecule has 0 rings (SSSR count). The summed E-state index contributed by atoms with van der Waals surface area (Å²) in [4.78, 5) is 0. The van der Waals surface area contributed by atoms with Gasteiger partial charge in [0.1, 0.15) is 0 Å². The van der Waals surface area contributed by atoms with E-state index in [2.05, 4.69) is 12.7 Å². The molecule has 0 aromatic heterocycles. The second kappa shape index (κ2) is 13.0. The van der Waals surface area contributed by atoms with Crippen LogP contribution in [0, 0.1) is 0 Å². The molecule has 0 N–H and O–H groups in total. The maximum atomic E-state index is 5.43. The van der Waals surface area contributed by atoms with E-state index in [4.69, 9.17) is 26.6 Å². The van der Waals surface area contributed by atoms with Crippen LogP contribution in [0.15, 0.2) is 23.6 Å². The summed E-state index contributed by atoms with van der Waals surface area (Å²) in [7, 11) is 4.42. The predicted molar refractivity (Wildman–Crippen MR) is 99.5 cm³/mol. The van der Waals surface area contributed by atoms with Crippen molar-refractivity contribution in [3.05, 3.63) is 23.6 Å². The van der Waals surface area contributed by atoms with Crippen molar-refractivity contribution in [2.45, 2.75) is 38.5 Å². The first-order chi connectivity index (χ1) is 11.5. The molecule has 0 aromatic carbocycles. The fourth-order valence-electron chi connectivity index (χ4n) is 2.47. The van der Waals surface area contributed by atoms with Crippen LogP contribution < -0.4 is 0 Å². The van der Waals surface area contributed by atoms with Gasteiger partial charge in [-0.25, -0.2) is 0 Å². The topological polar surface area (TPSA) is 55.4 Å². The molecule has 0 atom stereocenters. The first kappa shape index (κ1) is 23.7. The lowest BCUT2D eigenvalue weighted by Gasteiger charge is -2.26. The van der Waals surface area contributed by atoms with Gasteiger partial charge in [0.25, 0.3) is 0 Å². The Balaban J connectivity index is 3.98. The molecule has 0 fully saturated rings. The van der Waals surface area contributed by atoms with Gasteiger partial charge >= 0.3 is 17.6 Å². The molecular weight excluding hydrogens is 344 g/mol. The average Bonchev–Trinajstić information content (AvgIpc) is 2.63. The maximum Gasteiger partial charge on any atom is 0.531 e. The van der Waals surface area contributed by atoms with Gasteiger partial charge < -0.3 is 26.6 Å². The van der Waals surface area contributed by atoms with Gasteiger partial charge in [0.15, 0.2) is 0 Å². The molecule has 8 heteroatoms. The first-order valence-corrected chi connectivity index (χ1v) is 11.7. The summed E-state index contributed by atoms with van der Waals surface area (Å²) >= 11 is 0. The van der Waals surface area contributed by atoms with Gasteiger partial charge in [-0.2, -0.15) is 0 Å². The number of hydrogen-bond acceptors (Lipinski definition) is 6. The van der Waals surface area contributed by atoms with Crippen molar-refractivity contribution in [1.29, 1.82) is 0 Å². The van der Waals surface area contributed by atoms with Gasteiger partial charge in [0.05, 0.1) is 0 Å². The van der Waals surface area contributed by atoms with Gasteiger partial charge in [-0.3, -0.25) is 0 Å². The number of rotatable bonds is 15. The minimum Gasteiger partial charge on any atom is -0.374 e. The molecule has 142 valence electrons. The maximum absolute atomic E-state index is 5.43. The van der Waals surface area contributed by atoms with Crippen LogP contribution in [0.5, 0.6) is 0 Å². The molecule has 24 heavy (non-hydrogen) atoms. The summed E-state index contributed by atoms with van der Waals surface area (Å²) in [6.07, 6.45) is 8.40. The van der Waals surface area contributed by atoms with Gasteiger partial charge in [0, 0.05) is 42.7 Å². The highest BCUT2D eigenvalue weighted by Gasteiger charge is 2.41. The Hall–Kier alpha value is -0.326. The van der Waals surface area contributed by atoms with Crippen molar-refractivity contribution in [3.8, 4) is 0 Å². The molecule has 0 saturated heterocycles. The Kier molecular flexibility index (Phi) is 12.8. The molecular formula is C16H34O6Si2. The fourth-order valence-corrected chi connectivity index (χ4v) is 5.68.